The summed E-state index contributed by atoms with van der Waals surface area (Å²) >= 11 is 0. The number of anilines is 3. The molecule has 2 N–H and O–H groups in total. The van der Waals surface area contributed by atoms with Crippen LogP contribution in [-0.2, 0) is 4.79 Å². The number of rotatable bonds is 5. The average Bonchev–Trinajstić information content (AvgIpc) is 2.63. The number of nitrogens with zero attached hydrogens (tertiary/aromatic N) is 2. The zero-order valence-corrected chi connectivity index (χ0v) is 14.9. The highest BCUT2D eigenvalue weighted by Crippen LogP contribution is 2.19. The lowest BCUT2D eigenvalue weighted by atomic mass is 10.2. The number of hydrogen-bond acceptors (Lipinski definition) is 6. The molecule has 0 saturated heterocycles. The Hall–Kier alpha value is -3.74. The van der Waals surface area contributed by atoms with Crippen molar-refractivity contribution in [3.63, 3.8) is 0 Å². The summed E-state index contributed by atoms with van der Waals surface area (Å²) < 4.78 is 4.95. The van der Waals surface area contributed by atoms with Gasteiger partial charge in [0, 0.05) is 35.6 Å². The number of hydrogen-bond donors (Lipinski definition) is 2. The van der Waals surface area contributed by atoms with E-state index in [1.54, 1.807) is 36.4 Å². The molecule has 2 aromatic carbocycles. The first-order valence-corrected chi connectivity index (χ1v) is 8.25. The first-order valence-electron chi connectivity index (χ1n) is 8.25. The SMILES string of the molecule is CC(=O)Oc1ccc(C(=O)Nc2ccc(Nc3cc(C)ncn3)cc2)cc1. The molecule has 0 aliphatic carbocycles. The van der Waals surface area contributed by atoms with Gasteiger partial charge < -0.3 is 15.4 Å². The van der Waals surface area contributed by atoms with E-state index in [0.29, 0.717) is 22.8 Å². The molecule has 0 aliphatic rings. The zero-order valence-electron chi connectivity index (χ0n) is 14.9. The molecule has 3 aromatic rings. The van der Waals surface area contributed by atoms with Gasteiger partial charge in [-0.2, -0.15) is 0 Å². The zero-order chi connectivity index (χ0) is 19.2. The second kappa shape index (κ2) is 8.09. The van der Waals surface area contributed by atoms with Crippen molar-refractivity contribution >= 4 is 29.1 Å². The Labute approximate surface area is 156 Å². The van der Waals surface area contributed by atoms with Gasteiger partial charge >= 0.3 is 5.97 Å². The molecule has 1 aromatic heterocycles. The smallest absolute Gasteiger partial charge is 0.308 e. The average molecular weight is 362 g/mol. The van der Waals surface area contributed by atoms with E-state index in [-0.39, 0.29) is 5.91 Å². The second-order valence-corrected chi connectivity index (χ2v) is 5.82. The summed E-state index contributed by atoms with van der Waals surface area (Å²) in [5.74, 6) is 0.441. The van der Waals surface area contributed by atoms with Crippen molar-refractivity contribution in [2.75, 3.05) is 10.6 Å². The van der Waals surface area contributed by atoms with Crippen molar-refractivity contribution in [1.29, 1.82) is 0 Å². The maximum Gasteiger partial charge on any atom is 0.308 e. The van der Waals surface area contributed by atoms with Crippen molar-refractivity contribution in [2.24, 2.45) is 0 Å². The van der Waals surface area contributed by atoms with Gasteiger partial charge in [0.2, 0.25) is 0 Å². The minimum absolute atomic E-state index is 0.253. The van der Waals surface area contributed by atoms with Crippen LogP contribution in [0.15, 0.2) is 60.9 Å². The van der Waals surface area contributed by atoms with Gasteiger partial charge in [-0.05, 0) is 55.5 Å². The maximum absolute atomic E-state index is 12.3. The fraction of sp³-hybridized carbons (Fsp3) is 0.100. The number of carbonyl (C=O) groups excluding carboxylic acids is 2. The molecular weight excluding hydrogens is 344 g/mol. The lowest BCUT2D eigenvalue weighted by molar-refractivity contribution is -0.131. The van der Waals surface area contributed by atoms with Crippen LogP contribution in [-0.4, -0.2) is 21.8 Å². The van der Waals surface area contributed by atoms with E-state index >= 15 is 0 Å². The molecule has 0 aliphatic heterocycles. The van der Waals surface area contributed by atoms with Crippen LogP contribution < -0.4 is 15.4 Å². The largest absolute Gasteiger partial charge is 0.427 e. The molecule has 1 amide bonds. The van der Waals surface area contributed by atoms with Gasteiger partial charge in [0.15, 0.2) is 0 Å². The topological polar surface area (TPSA) is 93.2 Å². The van der Waals surface area contributed by atoms with Gasteiger partial charge in [0.1, 0.15) is 17.9 Å². The third kappa shape index (κ3) is 5.12. The van der Waals surface area contributed by atoms with Crippen LogP contribution in [0.4, 0.5) is 17.2 Å². The minimum atomic E-state index is -0.405. The standard InChI is InChI=1S/C20H18N4O3/c1-13-11-19(22-12-21-13)23-16-5-7-17(8-6-16)24-20(26)15-3-9-18(10-4-15)27-14(2)25/h3-12H,1-2H3,(H,24,26)(H,21,22,23). The maximum atomic E-state index is 12.3. The Morgan fingerprint density at radius 3 is 2.22 bits per heavy atom. The van der Waals surface area contributed by atoms with Gasteiger partial charge in [0.05, 0.1) is 0 Å². The third-order valence-corrected chi connectivity index (χ3v) is 3.60. The van der Waals surface area contributed by atoms with Crippen molar-refractivity contribution in [1.82, 2.24) is 9.97 Å². The molecule has 7 nitrogen and oxygen atoms in total. The van der Waals surface area contributed by atoms with E-state index in [1.165, 1.54) is 13.3 Å². The van der Waals surface area contributed by atoms with Crippen LogP contribution in [0, 0.1) is 6.92 Å². The fourth-order valence-corrected chi connectivity index (χ4v) is 2.35. The third-order valence-electron chi connectivity index (χ3n) is 3.60. The van der Waals surface area contributed by atoms with E-state index in [4.69, 9.17) is 4.74 Å². The summed E-state index contributed by atoms with van der Waals surface area (Å²) in [6.45, 7) is 3.22. The van der Waals surface area contributed by atoms with Crippen LogP contribution in [0.2, 0.25) is 0 Å². The van der Waals surface area contributed by atoms with Gasteiger partial charge in [-0.25, -0.2) is 9.97 Å². The number of aryl methyl sites for hydroxylation is 1. The van der Waals surface area contributed by atoms with E-state index in [9.17, 15) is 9.59 Å². The van der Waals surface area contributed by atoms with Gasteiger partial charge in [-0.3, -0.25) is 9.59 Å². The Bertz CT molecular complexity index is 954. The molecule has 0 radical (unpaired) electrons. The summed E-state index contributed by atoms with van der Waals surface area (Å²) in [7, 11) is 0. The van der Waals surface area contributed by atoms with Gasteiger partial charge in [0.25, 0.3) is 5.91 Å². The van der Waals surface area contributed by atoms with Gasteiger partial charge in [-0.1, -0.05) is 0 Å². The highest BCUT2D eigenvalue weighted by atomic mass is 16.5. The number of amides is 1. The molecule has 3 rings (SSSR count). The molecule has 0 saturated carbocycles. The van der Waals surface area contributed by atoms with Crippen molar-refractivity contribution in [2.45, 2.75) is 13.8 Å². The Morgan fingerprint density at radius 2 is 1.59 bits per heavy atom. The molecule has 1 heterocycles. The Balaban J connectivity index is 1.62. The normalized spacial score (nSPS) is 10.1. The number of aromatic nitrogens is 2. The number of ether oxygens (including phenoxy) is 1. The lowest BCUT2D eigenvalue weighted by Crippen LogP contribution is -2.12. The second-order valence-electron chi connectivity index (χ2n) is 5.82. The number of carbonyl (C=O) groups is 2. The highest BCUT2D eigenvalue weighted by molar-refractivity contribution is 6.04. The monoisotopic (exact) mass is 362 g/mol. The lowest BCUT2D eigenvalue weighted by Gasteiger charge is -2.09. The van der Waals surface area contributed by atoms with E-state index < -0.39 is 5.97 Å². The van der Waals surface area contributed by atoms with E-state index in [2.05, 4.69) is 20.6 Å². The molecule has 0 atom stereocenters. The first-order chi connectivity index (χ1) is 13.0. The number of nitrogens with one attached hydrogen (secondary N) is 2. The van der Waals surface area contributed by atoms with Crippen molar-refractivity contribution < 1.29 is 14.3 Å². The molecule has 27 heavy (non-hydrogen) atoms. The van der Waals surface area contributed by atoms with Crippen molar-refractivity contribution in [3.8, 4) is 5.75 Å². The molecule has 0 bridgehead atoms. The highest BCUT2D eigenvalue weighted by Gasteiger charge is 2.07. The van der Waals surface area contributed by atoms with Crippen LogP contribution in [0.1, 0.15) is 23.0 Å². The quantitative estimate of drug-likeness (QED) is 0.531. The minimum Gasteiger partial charge on any atom is -0.427 e. The molecule has 0 unspecified atom stereocenters. The first kappa shape index (κ1) is 18.1. The van der Waals surface area contributed by atoms with E-state index in [0.717, 1.165) is 11.4 Å². The van der Waals surface area contributed by atoms with Crippen molar-refractivity contribution in [3.05, 3.63) is 72.2 Å². The summed E-state index contributed by atoms with van der Waals surface area (Å²) in [5, 5.41) is 5.99. The Kier molecular flexibility index (Phi) is 5.41. The molecule has 136 valence electrons. The van der Waals surface area contributed by atoms with Crippen LogP contribution >= 0.6 is 0 Å². The summed E-state index contributed by atoms with van der Waals surface area (Å²) in [6.07, 6.45) is 1.50. The fourth-order valence-electron chi connectivity index (χ4n) is 2.35. The van der Waals surface area contributed by atoms with Crippen LogP contribution in [0.5, 0.6) is 5.75 Å². The summed E-state index contributed by atoms with van der Waals surface area (Å²) in [4.78, 5) is 31.4. The molecule has 0 spiro atoms. The number of esters is 1. The van der Waals surface area contributed by atoms with E-state index in [1.807, 2.05) is 25.1 Å². The predicted molar refractivity (Wildman–Crippen MR) is 102 cm³/mol. The molecular formula is C20H18N4O3. The predicted octanol–water partition coefficient (Wildman–Crippen LogP) is 3.71. The van der Waals surface area contributed by atoms with Gasteiger partial charge in [-0.15, -0.1) is 0 Å². The molecule has 0 fully saturated rings. The van der Waals surface area contributed by atoms with Crippen LogP contribution in [0.3, 0.4) is 0 Å². The Morgan fingerprint density at radius 1 is 0.926 bits per heavy atom. The summed E-state index contributed by atoms with van der Waals surface area (Å²) in [5.41, 5.74) is 2.84. The van der Waals surface area contributed by atoms with Crippen LogP contribution in [0.25, 0.3) is 0 Å². The summed E-state index contributed by atoms with van der Waals surface area (Å²) in [6, 6.07) is 15.5. The molecule has 7 heteroatoms. The number of benzene rings is 2.